The molecule has 1 heterocycles. The number of nitrogens with zero attached hydrogens (tertiary/aromatic N) is 2. The minimum atomic E-state index is -0.457. The van der Waals surface area contributed by atoms with Crippen LogP contribution in [0.2, 0.25) is 0 Å². The molecular formula is C11H17N3O3. The Bertz CT molecular complexity index is 396. The number of hydrogen-bond acceptors (Lipinski definition) is 5. The Morgan fingerprint density at radius 1 is 1.59 bits per heavy atom. The predicted octanol–water partition coefficient (Wildman–Crippen LogP) is 1.87. The molecule has 6 heteroatoms. The van der Waals surface area contributed by atoms with Crippen LogP contribution in [-0.4, -0.2) is 27.7 Å². The molecule has 6 nitrogen and oxygen atoms in total. The molecule has 1 aromatic rings. The third-order valence-corrected chi connectivity index (χ3v) is 2.46. The fourth-order valence-corrected chi connectivity index (χ4v) is 1.59. The Kier molecular flexibility index (Phi) is 4.84. The predicted molar refractivity (Wildman–Crippen MR) is 65.0 cm³/mol. The summed E-state index contributed by atoms with van der Waals surface area (Å²) in [5, 5.41) is 22.8. The van der Waals surface area contributed by atoms with Crippen LogP contribution in [0, 0.1) is 17.0 Å². The molecule has 94 valence electrons. The van der Waals surface area contributed by atoms with Gasteiger partial charge in [-0.15, -0.1) is 0 Å². The van der Waals surface area contributed by atoms with E-state index in [-0.39, 0.29) is 18.3 Å². The van der Waals surface area contributed by atoms with E-state index in [1.165, 1.54) is 6.07 Å². The fourth-order valence-electron chi connectivity index (χ4n) is 1.59. The summed E-state index contributed by atoms with van der Waals surface area (Å²) < 4.78 is 0. The number of aryl methyl sites for hydroxylation is 1. The van der Waals surface area contributed by atoms with Crippen molar-refractivity contribution in [2.45, 2.75) is 32.7 Å². The number of nitrogens with one attached hydrogen (secondary N) is 1. The molecule has 0 aliphatic carbocycles. The van der Waals surface area contributed by atoms with Crippen LogP contribution in [0.25, 0.3) is 0 Å². The Hall–Kier alpha value is -1.69. The van der Waals surface area contributed by atoms with Gasteiger partial charge in [0.1, 0.15) is 11.5 Å². The second-order valence-corrected chi connectivity index (χ2v) is 3.87. The second-order valence-electron chi connectivity index (χ2n) is 3.87. The number of aliphatic hydroxyl groups is 1. The van der Waals surface area contributed by atoms with Crippen molar-refractivity contribution in [2.75, 3.05) is 11.9 Å². The lowest BCUT2D eigenvalue weighted by atomic mass is 10.2. The Morgan fingerprint density at radius 3 is 2.76 bits per heavy atom. The van der Waals surface area contributed by atoms with Crippen molar-refractivity contribution in [2.24, 2.45) is 0 Å². The Morgan fingerprint density at radius 2 is 2.29 bits per heavy atom. The van der Waals surface area contributed by atoms with E-state index in [0.29, 0.717) is 11.5 Å². The molecule has 0 spiro atoms. The lowest BCUT2D eigenvalue weighted by Gasteiger charge is -2.16. The highest BCUT2D eigenvalue weighted by atomic mass is 16.6. The molecule has 0 bridgehead atoms. The van der Waals surface area contributed by atoms with E-state index in [4.69, 9.17) is 5.11 Å². The van der Waals surface area contributed by atoms with Crippen molar-refractivity contribution >= 4 is 11.5 Å². The number of nitro groups is 1. The summed E-state index contributed by atoms with van der Waals surface area (Å²) in [6, 6.07) is 2.92. The molecule has 0 saturated carbocycles. The highest BCUT2D eigenvalue weighted by Gasteiger charge is 2.13. The fraction of sp³-hybridized carbons (Fsp3) is 0.545. The van der Waals surface area contributed by atoms with Gasteiger partial charge in [0.25, 0.3) is 5.69 Å². The third-order valence-electron chi connectivity index (χ3n) is 2.46. The van der Waals surface area contributed by atoms with Gasteiger partial charge in [-0.1, -0.05) is 13.3 Å². The number of pyridine rings is 1. The van der Waals surface area contributed by atoms with E-state index in [0.717, 1.165) is 12.8 Å². The lowest BCUT2D eigenvalue weighted by Crippen LogP contribution is -2.24. The monoisotopic (exact) mass is 239 g/mol. The zero-order valence-electron chi connectivity index (χ0n) is 10.0. The van der Waals surface area contributed by atoms with E-state index in [9.17, 15) is 10.1 Å². The normalized spacial score (nSPS) is 12.2. The van der Waals surface area contributed by atoms with E-state index in [2.05, 4.69) is 10.3 Å². The maximum atomic E-state index is 10.6. The second kappa shape index (κ2) is 6.15. The molecule has 0 aliphatic heterocycles. The molecule has 17 heavy (non-hydrogen) atoms. The largest absolute Gasteiger partial charge is 0.394 e. The Labute approximate surface area is 99.8 Å². The van der Waals surface area contributed by atoms with Gasteiger partial charge in [0, 0.05) is 6.07 Å². The minimum Gasteiger partial charge on any atom is -0.394 e. The van der Waals surface area contributed by atoms with Gasteiger partial charge in [-0.05, 0) is 19.4 Å². The maximum absolute atomic E-state index is 10.6. The number of anilines is 1. The molecule has 1 unspecified atom stereocenters. The summed E-state index contributed by atoms with van der Waals surface area (Å²) >= 11 is 0. The van der Waals surface area contributed by atoms with Gasteiger partial charge < -0.3 is 10.4 Å². The first-order valence-electron chi connectivity index (χ1n) is 5.58. The van der Waals surface area contributed by atoms with Gasteiger partial charge in [-0.3, -0.25) is 10.1 Å². The van der Waals surface area contributed by atoms with Crippen LogP contribution in [-0.2, 0) is 0 Å². The zero-order valence-corrected chi connectivity index (χ0v) is 10.0. The molecule has 0 radical (unpaired) electrons. The molecule has 0 fully saturated rings. The number of aliphatic hydroxyl groups excluding tert-OH is 1. The summed E-state index contributed by atoms with van der Waals surface area (Å²) in [4.78, 5) is 14.3. The molecule has 1 atom stereocenters. The average Bonchev–Trinajstić information content (AvgIpc) is 2.28. The van der Waals surface area contributed by atoms with E-state index >= 15 is 0 Å². The van der Waals surface area contributed by atoms with Gasteiger partial charge in [0.2, 0.25) is 0 Å². The molecule has 1 rings (SSSR count). The highest BCUT2D eigenvalue weighted by Crippen LogP contribution is 2.18. The van der Waals surface area contributed by atoms with Crippen LogP contribution < -0.4 is 5.32 Å². The van der Waals surface area contributed by atoms with Crippen molar-refractivity contribution < 1.29 is 10.0 Å². The molecular weight excluding hydrogens is 222 g/mol. The highest BCUT2D eigenvalue weighted by molar-refractivity contribution is 5.45. The minimum absolute atomic E-state index is 0.00610. The van der Waals surface area contributed by atoms with Crippen molar-refractivity contribution in [1.82, 2.24) is 4.98 Å². The molecule has 2 N–H and O–H groups in total. The summed E-state index contributed by atoms with van der Waals surface area (Å²) in [7, 11) is 0. The van der Waals surface area contributed by atoms with Crippen molar-refractivity contribution in [3.63, 3.8) is 0 Å². The van der Waals surface area contributed by atoms with E-state index in [1.807, 2.05) is 6.92 Å². The number of hydrogen-bond donors (Lipinski definition) is 2. The van der Waals surface area contributed by atoms with Gasteiger partial charge in [0.15, 0.2) is 0 Å². The molecule has 0 saturated heterocycles. The van der Waals surface area contributed by atoms with Crippen molar-refractivity contribution in [1.29, 1.82) is 0 Å². The van der Waals surface area contributed by atoms with E-state index < -0.39 is 4.92 Å². The first-order valence-corrected chi connectivity index (χ1v) is 5.58. The van der Waals surface area contributed by atoms with Gasteiger partial charge in [-0.2, -0.15) is 0 Å². The van der Waals surface area contributed by atoms with Crippen molar-refractivity contribution in [3.05, 3.63) is 27.9 Å². The van der Waals surface area contributed by atoms with Crippen molar-refractivity contribution in [3.8, 4) is 0 Å². The molecule has 0 amide bonds. The SMILES string of the molecule is CCCC(CO)Nc1ccc([N+](=O)[O-])c(C)n1. The van der Waals surface area contributed by atoms with Gasteiger partial charge in [0.05, 0.1) is 17.6 Å². The number of rotatable bonds is 6. The standard InChI is InChI=1S/C11H17N3O3/c1-3-4-9(7-15)13-11-6-5-10(14(16)17)8(2)12-11/h5-6,9,15H,3-4,7H2,1-2H3,(H,12,13). The first kappa shape index (κ1) is 13.4. The summed E-state index contributed by atoms with van der Waals surface area (Å²) in [5.41, 5.74) is 0.375. The van der Waals surface area contributed by atoms with Crippen LogP contribution in [0.15, 0.2) is 12.1 Å². The van der Waals surface area contributed by atoms with E-state index in [1.54, 1.807) is 13.0 Å². The first-order chi connectivity index (χ1) is 8.08. The Balaban J connectivity index is 2.79. The third kappa shape index (κ3) is 3.67. The van der Waals surface area contributed by atoms with Crippen LogP contribution in [0.4, 0.5) is 11.5 Å². The zero-order chi connectivity index (χ0) is 12.8. The van der Waals surface area contributed by atoms with Crippen LogP contribution in [0.3, 0.4) is 0 Å². The molecule has 0 aromatic carbocycles. The number of aromatic nitrogens is 1. The maximum Gasteiger partial charge on any atom is 0.290 e. The van der Waals surface area contributed by atoms with Gasteiger partial charge >= 0.3 is 0 Å². The quantitative estimate of drug-likeness (QED) is 0.584. The summed E-state index contributed by atoms with van der Waals surface area (Å²) in [6.45, 7) is 3.64. The smallest absolute Gasteiger partial charge is 0.290 e. The van der Waals surface area contributed by atoms with Crippen LogP contribution >= 0.6 is 0 Å². The summed E-state index contributed by atoms with van der Waals surface area (Å²) in [5.74, 6) is 0.556. The van der Waals surface area contributed by atoms with Crippen LogP contribution in [0.1, 0.15) is 25.5 Å². The topological polar surface area (TPSA) is 88.3 Å². The summed E-state index contributed by atoms with van der Waals surface area (Å²) in [6.07, 6.45) is 1.78. The van der Waals surface area contributed by atoms with Gasteiger partial charge in [-0.25, -0.2) is 4.98 Å². The molecule has 1 aromatic heterocycles. The lowest BCUT2D eigenvalue weighted by molar-refractivity contribution is -0.385. The average molecular weight is 239 g/mol. The molecule has 0 aliphatic rings. The van der Waals surface area contributed by atoms with Crippen LogP contribution in [0.5, 0.6) is 0 Å².